The number of carbonyl (C=O) groups is 1. The molecule has 0 radical (unpaired) electrons. The Morgan fingerprint density at radius 2 is 2.05 bits per heavy atom. The predicted octanol–water partition coefficient (Wildman–Crippen LogP) is 4.07. The molecule has 1 aromatic heterocycles. The number of carbonyl (C=O) groups excluding carboxylic acids is 1. The van der Waals surface area contributed by atoms with Crippen LogP contribution < -0.4 is 9.64 Å². The lowest BCUT2D eigenvalue weighted by Crippen LogP contribution is -2.22. The average Bonchev–Trinajstić information content (AvgIpc) is 3.11. The second kappa shape index (κ2) is 4.60. The van der Waals surface area contributed by atoms with Crippen LogP contribution in [0.5, 0.6) is 5.75 Å². The van der Waals surface area contributed by atoms with Crippen molar-refractivity contribution in [1.29, 1.82) is 0 Å². The van der Waals surface area contributed by atoms with Crippen LogP contribution in [0.1, 0.15) is 15.9 Å². The molecule has 0 saturated carbocycles. The van der Waals surface area contributed by atoms with Crippen LogP contribution in [-0.4, -0.2) is 13.0 Å². The van der Waals surface area contributed by atoms with Gasteiger partial charge in [0.05, 0.1) is 13.7 Å². The molecule has 2 heterocycles. The van der Waals surface area contributed by atoms with Gasteiger partial charge in [0.15, 0.2) is 0 Å². The van der Waals surface area contributed by atoms with E-state index < -0.39 is 0 Å². The van der Waals surface area contributed by atoms with Crippen molar-refractivity contribution < 1.29 is 9.53 Å². The number of ether oxygens (including phenoxy) is 1. The first-order valence-corrected chi connectivity index (χ1v) is 7.60. The molecular formula is C17H13NO2S. The molecular weight excluding hydrogens is 282 g/mol. The highest BCUT2D eigenvalue weighted by molar-refractivity contribution is 7.17. The third-order valence-electron chi connectivity index (χ3n) is 3.87. The van der Waals surface area contributed by atoms with E-state index in [-0.39, 0.29) is 5.91 Å². The Balaban J connectivity index is 1.75. The van der Waals surface area contributed by atoms with Gasteiger partial charge in [-0.1, -0.05) is 12.1 Å². The molecule has 1 amide bonds. The Hall–Kier alpha value is -2.33. The molecule has 0 N–H and O–H groups in total. The molecule has 0 atom stereocenters. The van der Waals surface area contributed by atoms with E-state index in [0.717, 1.165) is 22.6 Å². The molecule has 21 heavy (non-hydrogen) atoms. The van der Waals surface area contributed by atoms with Gasteiger partial charge in [0.25, 0.3) is 5.91 Å². The van der Waals surface area contributed by atoms with Crippen molar-refractivity contribution in [2.24, 2.45) is 0 Å². The summed E-state index contributed by atoms with van der Waals surface area (Å²) in [4.78, 5) is 14.4. The summed E-state index contributed by atoms with van der Waals surface area (Å²) in [6, 6.07) is 13.9. The fraction of sp³-hybridized carbons (Fsp3) is 0.118. The smallest absolute Gasteiger partial charge is 0.259 e. The monoisotopic (exact) mass is 295 g/mol. The van der Waals surface area contributed by atoms with Gasteiger partial charge in [-0.15, -0.1) is 11.3 Å². The van der Waals surface area contributed by atoms with Gasteiger partial charge in [-0.05, 0) is 46.7 Å². The van der Waals surface area contributed by atoms with Crippen LogP contribution in [0.4, 0.5) is 5.69 Å². The minimum Gasteiger partial charge on any atom is -0.497 e. The first kappa shape index (κ1) is 12.4. The number of thiophene rings is 1. The van der Waals surface area contributed by atoms with Gasteiger partial charge in [0.1, 0.15) is 5.75 Å². The van der Waals surface area contributed by atoms with E-state index in [4.69, 9.17) is 4.74 Å². The molecule has 0 aliphatic carbocycles. The molecule has 0 fully saturated rings. The van der Waals surface area contributed by atoms with E-state index in [1.54, 1.807) is 18.4 Å². The van der Waals surface area contributed by atoms with E-state index in [0.29, 0.717) is 6.54 Å². The maximum absolute atomic E-state index is 12.6. The molecule has 1 aliphatic rings. The summed E-state index contributed by atoms with van der Waals surface area (Å²) in [5, 5.41) is 3.29. The van der Waals surface area contributed by atoms with Gasteiger partial charge in [-0.25, -0.2) is 0 Å². The van der Waals surface area contributed by atoms with Crippen LogP contribution >= 0.6 is 11.3 Å². The fourth-order valence-corrected chi connectivity index (χ4v) is 3.55. The standard InChI is InChI=1S/C17H13NO2S/c1-20-14-5-3-12-10-18(17(19)15(12)9-14)13-4-2-11-6-7-21-16(11)8-13/h2-9H,10H2,1H3. The van der Waals surface area contributed by atoms with Crippen molar-refractivity contribution >= 4 is 33.0 Å². The van der Waals surface area contributed by atoms with Crippen molar-refractivity contribution in [2.75, 3.05) is 12.0 Å². The van der Waals surface area contributed by atoms with Crippen LogP contribution in [0.25, 0.3) is 10.1 Å². The average molecular weight is 295 g/mol. The minimum absolute atomic E-state index is 0.0415. The van der Waals surface area contributed by atoms with Crippen molar-refractivity contribution in [1.82, 2.24) is 0 Å². The van der Waals surface area contributed by atoms with E-state index in [2.05, 4.69) is 23.6 Å². The molecule has 3 aromatic rings. The molecule has 4 heteroatoms. The zero-order chi connectivity index (χ0) is 14.4. The molecule has 0 bridgehead atoms. The number of anilines is 1. The van der Waals surface area contributed by atoms with Gasteiger partial charge >= 0.3 is 0 Å². The summed E-state index contributed by atoms with van der Waals surface area (Å²) in [6.45, 7) is 0.620. The lowest BCUT2D eigenvalue weighted by Gasteiger charge is -2.15. The van der Waals surface area contributed by atoms with Crippen molar-refractivity contribution in [2.45, 2.75) is 6.54 Å². The van der Waals surface area contributed by atoms with Crippen molar-refractivity contribution in [3.05, 3.63) is 59.0 Å². The summed E-state index contributed by atoms with van der Waals surface area (Å²) >= 11 is 1.69. The number of nitrogens with zero attached hydrogens (tertiary/aromatic N) is 1. The maximum Gasteiger partial charge on any atom is 0.259 e. The minimum atomic E-state index is 0.0415. The first-order valence-electron chi connectivity index (χ1n) is 6.72. The zero-order valence-electron chi connectivity index (χ0n) is 11.5. The topological polar surface area (TPSA) is 29.5 Å². The van der Waals surface area contributed by atoms with E-state index in [9.17, 15) is 4.79 Å². The van der Waals surface area contributed by atoms with Crippen LogP contribution in [-0.2, 0) is 6.54 Å². The Morgan fingerprint density at radius 3 is 2.90 bits per heavy atom. The Kier molecular flexibility index (Phi) is 2.72. The molecule has 1 aliphatic heterocycles. The molecule has 104 valence electrons. The number of hydrogen-bond donors (Lipinski definition) is 0. The summed E-state index contributed by atoms with van der Waals surface area (Å²) < 4.78 is 6.41. The predicted molar refractivity (Wildman–Crippen MR) is 85.3 cm³/mol. The third-order valence-corrected chi connectivity index (χ3v) is 4.75. The Bertz CT molecular complexity index is 853. The highest BCUT2D eigenvalue weighted by Crippen LogP contribution is 2.33. The lowest BCUT2D eigenvalue weighted by atomic mass is 10.1. The number of benzene rings is 2. The zero-order valence-corrected chi connectivity index (χ0v) is 12.3. The van der Waals surface area contributed by atoms with Crippen LogP contribution in [0.15, 0.2) is 47.8 Å². The van der Waals surface area contributed by atoms with Gasteiger partial charge < -0.3 is 9.64 Å². The lowest BCUT2D eigenvalue weighted by molar-refractivity contribution is 0.0996. The van der Waals surface area contributed by atoms with Gasteiger partial charge in [0.2, 0.25) is 0 Å². The van der Waals surface area contributed by atoms with Gasteiger partial charge in [0, 0.05) is 16.0 Å². The highest BCUT2D eigenvalue weighted by atomic mass is 32.1. The molecule has 0 spiro atoms. The number of hydrogen-bond acceptors (Lipinski definition) is 3. The van der Waals surface area contributed by atoms with Crippen LogP contribution in [0, 0.1) is 0 Å². The number of rotatable bonds is 2. The van der Waals surface area contributed by atoms with Crippen LogP contribution in [0.3, 0.4) is 0 Å². The number of methoxy groups -OCH3 is 1. The van der Waals surface area contributed by atoms with Gasteiger partial charge in [-0.3, -0.25) is 4.79 Å². The number of fused-ring (bicyclic) bond motifs is 2. The maximum atomic E-state index is 12.6. The largest absolute Gasteiger partial charge is 0.497 e. The summed E-state index contributed by atoms with van der Waals surface area (Å²) in [7, 11) is 1.61. The summed E-state index contributed by atoms with van der Waals surface area (Å²) in [5.74, 6) is 0.762. The van der Waals surface area contributed by atoms with Crippen LogP contribution in [0.2, 0.25) is 0 Å². The highest BCUT2D eigenvalue weighted by Gasteiger charge is 2.29. The second-order valence-corrected chi connectivity index (χ2v) is 6.00. The SMILES string of the molecule is COc1ccc2c(c1)C(=O)N(c1ccc3ccsc3c1)C2. The number of amides is 1. The third kappa shape index (κ3) is 1.91. The first-order chi connectivity index (χ1) is 10.3. The summed E-state index contributed by atoms with van der Waals surface area (Å²) in [5.41, 5.74) is 2.73. The molecule has 4 rings (SSSR count). The quantitative estimate of drug-likeness (QED) is 0.713. The molecule has 2 aromatic carbocycles. The van der Waals surface area contributed by atoms with E-state index >= 15 is 0 Å². The van der Waals surface area contributed by atoms with Crippen molar-refractivity contribution in [3.8, 4) is 5.75 Å². The molecule has 3 nitrogen and oxygen atoms in total. The normalized spacial score (nSPS) is 13.8. The molecule has 0 saturated heterocycles. The Morgan fingerprint density at radius 1 is 1.14 bits per heavy atom. The van der Waals surface area contributed by atoms with Gasteiger partial charge in [-0.2, -0.15) is 0 Å². The fourth-order valence-electron chi connectivity index (χ4n) is 2.73. The second-order valence-electron chi connectivity index (χ2n) is 5.06. The summed E-state index contributed by atoms with van der Waals surface area (Å²) in [6.07, 6.45) is 0. The Labute approximate surface area is 126 Å². The van der Waals surface area contributed by atoms with E-state index in [1.165, 1.54) is 10.1 Å². The van der Waals surface area contributed by atoms with Crippen molar-refractivity contribution in [3.63, 3.8) is 0 Å². The van der Waals surface area contributed by atoms with E-state index in [1.807, 2.05) is 29.2 Å². The molecule has 0 unspecified atom stereocenters.